The van der Waals surface area contributed by atoms with Gasteiger partial charge in [0.25, 0.3) is 5.43 Å². The van der Waals surface area contributed by atoms with E-state index in [1.54, 1.807) is 0 Å². The lowest BCUT2D eigenvalue weighted by Crippen LogP contribution is -2.40. The zero-order valence-electron chi connectivity index (χ0n) is 12.7. The van der Waals surface area contributed by atoms with E-state index in [0.717, 1.165) is 16.8 Å². The lowest BCUT2D eigenvalue weighted by molar-refractivity contribution is 1.00. The van der Waals surface area contributed by atoms with Crippen LogP contribution < -0.4 is 15.8 Å². The summed E-state index contributed by atoms with van der Waals surface area (Å²) < 4.78 is 0. The molecule has 0 unspecified atom stereocenters. The summed E-state index contributed by atoms with van der Waals surface area (Å²) in [5, 5.41) is 0. The van der Waals surface area contributed by atoms with Crippen molar-refractivity contribution in [1.82, 2.24) is 0 Å². The van der Waals surface area contributed by atoms with Crippen LogP contribution in [0.15, 0.2) is 64.2 Å². The first-order valence-electron chi connectivity index (χ1n) is 7.36. The highest BCUT2D eigenvalue weighted by Crippen LogP contribution is 2.31. The van der Waals surface area contributed by atoms with E-state index in [1.165, 1.54) is 0 Å². The molecule has 3 rings (SSSR count). The third-order valence-corrected chi connectivity index (χ3v) is 3.85. The highest BCUT2D eigenvalue weighted by Gasteiger charge is 2.26. The summed E-state index contributed by atoms with van der Waals surface area (Å²) in [5.74, 6) is 0. The van der Waals surface area contributed by atoms with E-state index in [1.807, 2.05) is 73.3 Å². The molecule has 0 saturated heterocycles. The summed E-state index contributed by atoms with van der Waals surface area (Å²) in [5.41, 5.74) is 3.09. The molecule has 0 saturated carbocycles. The molecule has 110 valence electrons. The van der Waals surface area contributed by atoms with E-state index in [9.17, 15) is 9.59 Å². The van der Waals surface area contributed by atoms with Crippen molar-refractivity contribution < 1.29 is 0 Å². The van der Waals surface area contributed by atoms with E-state index in [0.29, 0.717) is 17.8 Å². The minimum Gasteiger partial charge on any atom is -0.338 e. The molecule has 3 aromatic rings. The van der Waals surface area contributed by atoms with Crippen molar-refractivity contribution in [3.05, 3.63) is 80.6 Å². The summed E-state index contributed by atoms with van der Waals surface area (Å²) in [7, 11) is 0. The maximum absolute atomic E-state index is 12.2. The van der Waals surface area contributed by atoms with Gasteiger partial charge in [-0.25, -0.2) is 0 Å². The van der Waals surface area contributed by atoms with E-state index >= 15 is 0 Å². The predicted octanol–water partition coefficient (Wildman–Crippen LogP) is 3.42. The van der Waals surface area contributed by atoms with Gasteiger partial charge < -0.3 is 4.90 Å². The molecule has 0 amide bonds. The van der Waals surface area contributed by atoms with Crippen molar-refractivity contribution in [2.45, 2.75) is 13.8 Å². The molecular formula is C19H17NO2. The number of benzene rings is 2. The molecule has 0 radical (unpaired) electrons. The molecule has 0 spiro atoms. The Hall–Kier alpha value is -2.68. The van der Waals surface area contributed by atoms with Crippen molar-refractivity contribution >= 4 is 11.4 Å². The molecule has 22 heavy (non-hydrogen) atoms. The van der Waals surface area contributed by atoms with Crippen LogP contribution in [0.5, 0.6) is 0 Å². The fourth-order valence-corrected chi connectivity index (χ4v) is 2.78. The van der Waals surface area contributed by atoms with Crippen molar-refractivity contribution in [2.24, 2.45) is 0 Å². The Morgan fingerprint density at radius 1 is 0.909 bits per heavy atom. The van der Waals surface area contributed by atoms with Gasteiger partial charge in [0.2, 0.25) is 5.43 Å². The quantitative estimate of drug-likeness (QED) is 0.691. The molecule has 0 bridgehead atoms. The fraction of sp³-hybridized carbons (Fsp3) is 0.158. The van der Waals surface area contributed by atoms with Gasteiger partial charge in [-0.05, 0) is 37.1 Å². The van der Waals surface area contributed by atoms with Gasteiger partial charge in [0.05, 0.1) is 5.56 Å². The summed E-state index contributed by atoms with van der Waals surface area (Å²) in [4.78, 5) is 26.1. The Balaban J connectivity index is 2.14. The largest absolute Gasteiger partial charge is 0.338 e. The number of aryl methyl sites for hydroxylation is 1. The van der Waals surface area contributed by atoms with Gasteiger partial charge in [-0.3, -0.25) is 9.59 Å². The van der Waals surface area contributed by atoms with Crippen molar-refractivity contribution in [2.75, 3.05) is 11.4 Å². The van der Waals surface area contributed by atoms with Crippen LogP contribution in [0.1, 0.15) is 12.5 Å². The monoisotopic (exact) mass is 291 g/mol. The smallest absolute Gasteiger partial charge is 0.250 e. The molecule has 0 fully saturated rings. The highest BCUT2D eigenvalue weighted by atomic mass is 16.2. The first-order valence-corrected chi connectivity index (χ1v) is 7.36. The number of rotatable bonds is 4. The minimum absolute atomic E-state index is 0.396. The molecule has 0 heterocycles. The SMILES string of the molecule is CCN(c1cccc(C)c1)c1c(-c2ccccc2)c(=O)c1=O. The normalized spacial score (nSPS) is 10.8. The van der Waals surface area contributed by atoms with Crippen LogP contribution in [0.2, 0.25) is 0 Å². The average molecular weight is 291 g/mol. The fourth-order valence-electron chi connectivity index (χ4n) is 2.78. The summed E-state index contributed by atoms with van der Waals surface area (Å²) >= 11 is 0. The Morgan fingerprint density at radius 3 is 2.27 bits per heavy atom. The van der Waals surface area contributed by atoms with Crippen molar-refractivity contribution in [3.8, 4) is 11.1 Å². The van der Waals surface area contributed by atoms with Crippen LogP contribution in [-0.4, -0.2) is 6.54 Å². The van der Waals surface area contributed by atoms with E-state index in [4.69, 9.17) is 0 Å². The maximum atomic E-state index is 12.2. The van der Waals surface area contributed by atoms with Gasteiger partial charge >= 0.3 is 0 Å². The van der Waals surface area contributed by atoms with Gasteiger partial charge in [-0.2, -0.15) is 0 Å². The van der Waals surface area contributed by atoms with Crippen LogP contribution in [0.4, 0.5) is 11.4 Å². The molecule has 0 N–H and O–H groups in total. The molecule has 0 aromatic heterocycles. The van der Waals surface area contributed by atoms with Gasteiger partial charge in [0, 0.05) is 12.2 Å². The Labute approximate surface area is 129 Å². The highest BCUT2D eigenvalue weighted by molar-refractivity contribution is 5.86. The minimum atomic E-state index is -0.401. The summed E-state index contributed by atoms with van der Waals surface area (Å²) in [6, 6.07) is 17.3. The number of hydrogen-bond acceptors (Lipinski definition) is 3. The second kappa shape index (κ2) is 5.60. The molecule has 0 aliphatic heterocycles. The Kier molecular flexibility index (Phi) is 3.63. The molecule has 3 nitrogen and oxygen atoms in total. The van der Waals surface area contributed by atoms with Crippen molar-refractivity contribution in [3.63, 3.8) is 0 Å². The Bertz CT molecular complexity index is 874. The van der Waals surface area contributed by atoms with Crippen LogP contribution in [0.25, 0.3) is 11.1 Å². The van der Waals surface area contributed by atoms with E-state index in [-0.39, 0.29) is 0 Å². The zero-order valence-corrected chi connectivity index (χ0v) is 12.7. The molecular weight excluding hydrogens is 274 g/mol. The number of anilines is 2. The number of nitrogens with zero attached hydrogens (tertiary/aromatic N) is 1. The lowest BCUT2D eigenvalue weighted by Gasteiger charge is -2.26. The van der Waals surface area contributed by atoms with Gasteiger partial charge in [-0.1, -0.05) is 42.5 Å². The standard InChI is InChI=1S/C19H17NO2/c1-3-20(15-11-7-8-13(2)12-15)17-16(18(21)19(17)22)14-9-5-4-6-10-14/h4-12H,3H2,1-2H3. The molecule has 0 atom stereocenters. The second-order valence-electron chi connectivity index (χ2n) is 5.33. The average Bonchev–Trinajstić information content (AvgIpc) is 2.55. The lowest BCUT2D eigenvalue weighted by atomic mass is 9.97. The molecule has 0 aliphatic carbocycles. The molecule has 3 heteroatoms. The Morgan fingerprint density at radius 2 is 1.64 bits per heavy atom. The third-order valence-electron chi connectivity index (χ3n) is 3.85. The van der Waals surface area contributed by atoms with E-state index in [2.05, 4.69) is 0 Å². The topological polar surface area (TPSA) is 37.4 Å². The summed E-state index contributed by atoms with van der Waals surface area (Å²) in [6.45, 7) is 4.62. The van der Waals surface area contributed by atoms with Crippen molar-refractivity contribution in [1.29, 1.82) is 0 Å². The zero-order chi connectivity index (χ0) is 15.7. The second-order valence-corrected chi connectivity index (χ2v) is 5.33. The van der Waals surface area contributed by atoms with Crippen LogP contribution >= 0.6 is 0 Å². The third kappa shape index (κ3) is 2.25. The first kappa shape index (κ1) is 14.3. The summed E-state index contributed by atoms with van der Waals surface area (Å²) in [6.07, 6.45) is 0. The van der Waals surface area contributed by atoms with Crippen LogP contribution in [0.3, 0.4) is 0 Å². The van der Waals surface area contributed by atoms with Gasteiger partial charge in [0.1, 0.15) is 5.69 Å². The molecule has 0 aliphatic rings. The molecule has 3 aromatic carbocycles. The van der Waals surface area contributed by atoms with Gasteiger partial charge in [-0.15, -0.1) is 0 Å². The maximum Gasteiger partial charge on any atom is 0.250 e. The van der Waals surface area contributed by atoms with Gasteiger partial charge in [0.15, 0.2) is 0 Å². The number of hydrogen-bond donors (Lipinski definition) is 0. The predicted molar refractivity (Wildman–Crippen MR) is 90.6 cm³/mol. The van der Waals surface area contributed by atoms with Crippen LogP contribution in [0, 0.1) is 6.92 Å². The van der Waals surface area contributed by atoms with Crippen LogP contribution in [-0.2, 0) is 0 Å². The van der Waals surface area contributed by atoms with E-state index < -0.39 is 10.9 Å². The first-order chi connectivity index (χ1) is 10.6.